The molecule has 0 saturated heterocycles. The number of anilines is 1. The molecule has 144 valence electrons. The summed E-state index contributed by atoms with van der Waals surface area (Å²) in [4.78, 5) is 25.8. The van der Waals surface area contributed by atoms with Gasteiger partial charge in [0.05, 0.1) is 17.1 Å². The molecule has 0 aliphatic carbocycles. The summed E-state index contributed by atoms with van der Waals surface area (Å²) in [5.41, 5.74) is 0.456. The van der Waals surface area contributed by atoms with Crippen LogP contribution in [0.5, 0.6) is 0 Å². The highest BCUT2D eigenvalue weighted by molar-refractivity contribution is 7.92. The maximum atomic E-state index is 13.3. The molecule has 1 aromatic heterocycles. The highest BCUT2D eigenvalue weighted by Crippen LogP contribution is 2.26. The van der Waals surface area contributed by atoms with E-state index in [0.29, 0.717) is 18.7 Å². The summed E-state index contributed by atoms with van der Waals surface area (Å²) in [6.45, 7) is 5.96. The molecular weight excluding hydrogens is 366 g/mol. The van der Waals surface area contributed by atoms with Crippen LogP contribution in [-0.2, 0) is 29.5 Å². The Bertz CT molecular complexity index is 1110. The Kier molecular flexibility index (Phi) is 5.10. The van der Waals surface area contributed by atoms with E-state index in [-0.39, 0.29) is 23.7 Å². The smallest absolute Gasteiger partial charge is 0.295 e. The first-order chi connectivity index (χ1) is 12.8. The van der Waals surface area contributed by atoms with Gasteiger partial charge in [0.2, 0.25) is 0 Å². The molecular formula is C19H23N3O4S. The average Bonchev–Trinajstić information content (AvgIpc) is 2.86. The van der Waals surface area contributed by atoms with Crippen LogP contribution in [0.2, 0.25) is 0 Å². The maximum absolute atomic E-state index is 13.3. The fraction of sp³-hybridized carbons (Fsp3) is 0.368. The molecule has 2 heterocycles. The van der Waals surface area contributed by atoms with E-state index < -0.39 is 21.3 Å². The van der Waals surface area contributed by atoms with Crippen molar-refractivity contribution in [1.82, 2.24) is 9.13 Å². The Morgan fingerprint density at radius 2 is 1.59 bits per heavy atom. The van der Waals surface area contributed by atoms with Crippen LogP contribution in [-0.4, -0.2) is 24.1 Å². The van der Waals surface area contributed by atoms with Crippen LogP contribution in [0.1, 0.15) is 25.1 Å². The molecule has 0 radical (unpaired) electrons. The van der Waals surface area contributed by atoms with Crippen molar-refractivity contribution in [3.05, 3.63) is 68.5 Å². The van der Waals surface area contributed by atoms with Crippen LogP contribution in [0, 0.1) is 6.92 Å². The van der Waals surface area contributed by atoms with Gasteiger partial charge < -0.3 is 0 Å². The molecule has 7 nitrogen and oxygen atoms in total. The van der Waals surface area contributed by atoms with Gasteiger partial charge in [-0.1, -0.05) is 29.8 Å². The van der Waals surface area contributed by atoms with Crippen LogP contribution >= 0.6 is 0 Å². The summed E-state index contributed by atoms with van der Waals surface area (Å²) in [5, 5.41) is 0. The molecule has 0 atom stereocenters. The van der Waals surface area contributed by atoms with Crippen LogP contribution < -0.4 is 15.6 Å². The normalized spacial score (nSPS) is 14.1. The Morgan fingerprint density at radius 1 is 0.963 bits per heavy atom. The second kappa shape index (κ2) is 7.19. The van der Waals surface area contributed by atoms with Crippen molar-refractivity contribution in [1.29, 1.82) is 0 Å². The molecule has 3 rings (SSSR count). The summed E-state index contributed by atoms with van der Waals surface area (Å²) in [6, 6.07) is 6.51. The number of rotatable bonds is 4. The minimum Gasteiger partial charge on any atom is -0.295 e. The lowest BCUT2D eigenvalue weighted by molar-refractivity contribution is 0.566. The highest BCUT2D eigenvalue weighted by Gasteiger charge is 2.32. The van der Waals surface area contributed by atoms with E-state index in [9.17, 15) is 18.0 Å². The van der Waals surface area contributed by atoms with Gasteiger partial charge in [0.25, 0.3) is 15.6 Å². The van der Waals surface area contributed by atoms with Crippen molar-refractivity contribution in [2.75, 3.05) is 10.8 Å². The van der Waals surface area contributed by atoms with Gasteiger partial charge in [0.1, 0.15) is 5.69 Å². The van der Waals surface area contributed by atoms with E-state index in [0.717, 1.165) is 14.4 Å². The van der Waals surface area contributed by atoms with E-state index >= 15 is 0 Å². The number of hydrogen-bond acceptors (Lipinski definition) is 4. The van der Waals surface area contributed by atoms with E-state index in [2.05, 4.69) is 0 Å². The van der Waals surface area contributed by atoms with E-state index in [1.54, 1.807) is 38.1 Å². The molecule has 2 aromatic rings. The van der Waals surface area contributed by atoms with Crippen LogP contribution in [0.25, 0.3) is 0 Å². The topological polar surface area (TPSA) is 81.4 Å². The van der Waals surface area contributed by atoms with Crippen molar-refractivity contribution in [3.63, 3.8) is 0 Å². The summed E-state index contributed by atoms with van der Waals surface area (Å²) >= 11 is 0. The first-order valence-electron chi connectivity index (χ1n) is 8.93. The maximum Gasteiger partial charge on any atom is 0.331 e. The minimum absolute atomic E-state index is 0.0457. The number of benzene rings is 1. The van der Waals surface area contributed by atoms with Gasteiger partial charge in [-0.25, -0.2) is 13.2 Å². The first-order valence-corrected chi connectivity index (χ1v) is 10.4. The molecule has 1 aliphatic heterocycles. The molecule has 1 aliphatic rings. The molecule has 1 aromatic carbocycles. The minimum atomic E-state index is -3.95. The predicted octanol–water partition coefficient (Wildman–Crippen LogP) is 1.67. The van der Waals surface area contributed by atoms with Gasteiger partial charge in [0, 0.05) is 19.5 Å². The van der Waals surface area contributed by atoms with Crippen molar-refractivity contribution in [3.8, 4) is 0 Å². The monoisotopic (exact) mass is 389 g/mol. The third-order valence-electron chi connectivity index (χ3n) is 4.75. The molecule has 0 unspecified atom stereocenters. The lowest BCUT2D eigenvalue weighted by Crippen LogP contribution is -2.46. The third kappa shape index (κ3) is 3.14. The lowest BCUT2D eigenvalue weighted by atomic mass is 10.2. The van der Waals surface area contributed by atoms with Gasteiger partial charge >= 0.3 is 5.69 Å². The molecule has 0 amide bonds. The standard InChI is InChI=1S/C19H23N3O4S/c1-4-20-16-8-6-7-13-22(17(16)18(23)21(5-2)19(20)24)27(25,26)15-11-9-14(3)10-12-15/h6-7,9-12H,4-5,8,13H2,1-3H3. The lowest BCUT2D eigenvalue weighted by Gasteiger charge is -2.25. The van der Waals surface area contributed by atoms with Gasteiger partial charge in [-0.15, -0.1) is 0 Å². The Hall–Kier alpha value is -2.61. The van der Waals surface area contributed by atoms with Gasteiger partial charge in [-0.3, -0.25) is 18.2 Å². The van der Waals surface area contributed by atoms with Crippen molar-refractivity contribution in [2.24, 2.45) is 0 Å². The van der Waals surface area contributed by atoms with Crippen LogP contribution in [0.15, 0.2) is 50.9 Å². The van der Waals surface area contributed by atoms with E-state index in [1.807, 2.05) is 6.92 Å². The zero-order chi connectivity index (χ0) is 19.8. The first kappa shape index (κ1) is 19.2. The molecule has 0 N–H and O–H groups in total. The summed E-state index contributed by atoms with van der Waals surface area (Å²) < 4.78 is 30.3. The second-order valence-corrected chi connectivity index (χ2v) is 8.26. The summed E-state index contributed by atoms with van der Waals surface area (Å²) in [5.74, 6) is 0. The Labute approximate surface area is 158 Å². The number of aromatic nitrogens is 2. The molecule has 8 heteroatoms. The van der Waals surface area contributed by atoms with E-state index in [1.165, 1.54) is 16.7 Å². The van der Waals surface area contributed by atoms with Gasteiger partial charge in [-0.05, 0) is 32.9 Å². The number of hydrogen-bond donors (Lipinski definition) is 0. The molecule has 0 saturated carbocycles. The van der Waals surface area contributed by atoms with E-state index in [4.69, 9.17) is 0 Å². The summed E-state index contributed by atoms with van der Waals surface area (Å²) in [7, 11) is -3.95. The van der Waals surface area contributed by atoms with Crippen molar-refractivity contribution in [2.45, 2.75) is 45.2 Å². The molecule has 0 bridgehead atoms. The van der Waals surface area contributed by atoms with Gasteiger partial charge in [0.15, 0.2) is 0 Å². The average molecular weight is 389 g/mol. The number of fused-ring (bicyclic) bond motifs is 1. The fourth-order valence-electron chi connectivity index (χ4n) is 3.30. The SMILES string of the molecule is CCn1c2c(c(=O)n(CC)c1=O)N(S(=O)(=O)c1ccc(C)cc1)CC=CC2. The molecule has 0 fully saturated rings. The Morgan fingerprint density at radius 3 is 2.19 bits per heavy atom. The third-order valence-corrected chi connectivity index (χ3v) is 6.53. The fourth-order valence-corrected chi connectivity index (χ4v) is 4.74. The largest absolute Gasteiger partial charge is 0.331 e. The second-order valence-electron chi connectivity index (χ2n) is 6.40. The Balaban J connectivity index is 2.33. The van der Waals surface area contributed by atoms with Crippen LogP contribution in [0.3, 0.4) is 0 Å². The summed E-state index contributed by atoms with van der Waals surface area (Å²) in [6.07, 6.45) is 3.84. The zero-order valence-electron chi connectivity index (χ0n) is 15.7. The predicted molar refractivity (Wildman–Crippen MR) is 105 cm³/mol. The number of nitrogens with zero attached hydrogens (tertiary/aromatic N) is 3. The number of allylic oxidation sites excluding steroid dienone is 1. The number of sulfonamides is 1. The zero-order valence-corrected chi connectivity index (χ0v) is 16.5. The van der Waals surface area contributed by atoms with Gasteiger partial charge in [-0.2, -0.15) is 0 Å². The number of aryl methyl sites for hydroxylation is 1. The van der Waals surface area contributed by atoms with Crippen molar-refractivity contribution >= 4 is 15.7 Å². The molecule has 0 spiro atoms. The van der Waals surface area contributed by atoms with Crippen molar-refractivity contribution < 1.29 is 8.42 Å². The molecule has 27 heavy (non-hydrogen) atoms. The quantitative estimate of drug-likeness (QED) is 0.745. The van der Waals surface area contributed by atoms with Crippen LogP contribution in [0.4, 0.5) is 5.69 Å². The highest BCUT2D eigenvalue weighted by atomic mass is 32.2.